The highest BCUT2D eigenvalue weighted by Gasteiger charge is 2.40. The lowest BCUT2D eigenvalue weighted by molar-refractivity contribution is -0.166. The Bertz CT molecular complexity index is 246. The molecule has 0 radical (unpaired) electrons. The molecule has 0 aromatic carbocycles. The van der Waals surface area contributed by atoms with Crippen molar-refractivity contribution in [3.05, 3.63) is 11.3 Å². The minimum Gasteiger partial charge on any atom is -0.410 e. The van der Waals surface area contributed by atoms with Crippen molar-refractivity contribution in [2.45, 2.75) is 51.0 Å². The highest BCUT2D eigenvalue weighted by Crippen LogP contribution is 2.40. The first kappa shape index (κ1) is 7.86. The Hall–Kier alpha value is -0.500. The molecule has 1 aliphatic carbocycles. The van der Waals surface area contributed by atoms with Crippen LogP contribution >= 0.6 is 0 Å². The van der Waals surface area contributed by atoms with Crippen LogP contribution in [0, 0.1) is 0 Å². The number of hydroxylamine groups is 2. The Morgan fingerprint density at radius 3 is 2.69 bits per heavy atom. The van der Waals surface area contributed by atoms with E-state index in [4.69, 9.17) is 4.84 Å². The van der Waals surface area contributed by atoms with Crippen molar-refractivity contribution < 1.29 is 4.84 Å². The maximum atomic E-state index is 5.81. The number of hydrogen-bond acceptors (Lipinski definition) is 2. The first-order valence-corrected chi connectivity index (χ1v) is 5.62. The summed E-state index contributed by atoms with van der Waals surface area (Å²) in [6.07, 6.45) is 9.36. The number of nitrogens with zero attached hydrogens (tertiary/aromatic N) is 1. The Kier molecular flexibility index (Phi) is 1.82. The SMILES string of the molecule is C1CCCC2=C(CC1)ON1CCC21. The van der Waals surface area contributed by atoms with Gasteiger partial charge in [-0.3, -0.25) is 0 Å². The van der Waals surface area contributed by atoms with E-state index >= 15 is 0 Å². The molecule has 0 amide bonds. The van der Waals surface area contributed by atoms with Crippen LogP contribution in [0.1, 0.15) is 44.9 Å². The molecule has 2 nitrogen and oxygen atoms in total. The van der Waals surface area contributed by atoms with Gasteiger partial charge in [-0.15, -0.1) is 5.06 Å². The standard InChI is InChI=1S/C11H17NO/c1-2-4-6-11-9(5-3-1)10-7-8-12(10)13-11/h10H,1-8H2. The lowest BCUT2D eigenvalue weighted by Gasteiger charge is -2.33. The number of allylic oxidation sites excluding steroid dienone is 1. The lowest BCUT2D eigenvalue weighted by Crippen LogP contribution is -2.43. The van der Waals surface area contributed by atoms with E-state index in [9.17, 15) is 0 Å². The largest absolute Gasteiger partial charge is 0.410 e. The summed E-state index contributed by atoms with van der Waals surface area (Å²) < 4.78 is 0. The molecule has 0 spiro atoms. The van der Waals surface area contributed by atoms with Crippen LogP contribution < -0.4 is 0 Å². The molecule has 0 N–H and O–H groups in total. The van der Waals surface area contributed by atoms with Crippen LogP contribution in [0.25, 0.3) is 0 Å². The highest BCUT2D eigenvalue weighted by atomic mass is 16.7. The predicted molar refractivity (Wildman–Crippen MR) is 50.9 cm³/mol. The van der Waals surface area contributed by atoms with Crippen LogP contribution in [0.3, 0.4) is 0 Å². The third-order valence-electron chi connectivity index (χ3n) is 3.56. The van der Waals surface area contributed by atoms with Crippen molar-refractivity contribution in [2.75, 3.05) is 6.54 Å². The zero-order valence-electron chi connectivity index (χ0n) is 8.09. The zero-order chi connectivity index (χ0) is 8.67. The van der Waals surface area contributed by atoms with Gasteiger partial charge in [0.05, 0.1) is 6.04 Å². The fourth-order valence-electron chi connectivity index (χ4n) is 2.67. The van der Waals surface area contributed by atoms with E-state index in [1.807, 2.05) is 0 Å². The van der Waals surface area contributed by atoms with Crippen LogP contribution in [-0.2, 0) is 4.84 Å². The van der Waals surface area contributed by atoms with Gasteiger partial charge < -0.3 is 4.84 Å². The van der Waals surface area contributed by atoms with Crippen molar-refractivity contribution in [3.63, 3.8) is 0 Å². The van der Waals surface area contributed by atoms with Gasteiger partial charge in [0.2, 0.25) is 0 Å². The third-order valence-corrected chi connectivity index (χ3v) is 3.56. The molecule has 3 aliphatic rings. The summed E-state index contributed by atoms with van der Waals surface area (Å²) in [6, 6.07) is 0.688. The molecule has 0 bridgehead atoms. The number of fused-ring (bicyclic) bond motifs is 2. The Labute approximate surface area is 79.5 Å². The molecular weight excluding hydrogens is 162 g/mol. The Morgan fingerprint density at radius 2 is 1.92 bits per heavy atom. The van der Waals surface area contributed by atoms with Crippen LogP contribution in [0.5, 0.6) is 0 Å². The Balaban J connectivity index is 1.81. The molecule has 3 rings (SSSR count). The first-order valence-electron chi connectivity index (χ1n) is 5.62. The van der Waals surface area contributed by atoms with Gasteiger partial charge in [-0.05, 0) is 31.3 Å². The second-order valence-corrected chi connectivity index (χ2v) is 4.40. The third kappa shape index (κ3) is 1.19. The molecule has 0 aromatic heterocycles. The fraction of sp³-hybridized carbons (Fsp3) is 0.818. The van der Waals surface area contributed by atoms with Crippen molar-refractivity contribution in [3.8, 4) is 0 Å². The summed E-state index contributed by atoms with van der Waals surface area (Å²) in [5.74, 6) is 1.34. The summed E-state index contributed by atoms with van der Waals surface area (Å²) in [5.41, 5.74) is 1.64. The monoisotopic (exact) mass is 179 g/mol. The second kappa shape index (κ2) is 3.02. The molecule has 13 heavy (non-hydrogen) atoms. The summed E-state index contributed by atoms with van der Waals surface area (Å²) in [6.45, 7) is 1.15. The lowest BCUT2D eigenvalue weighted by atomic mass is 9.90. The Morgan fingerprint density at radius 1 is 1.08 bits per heavy atom. The van der Waals surface area contributed by atoms with E-state index in [1.165, 1.54) is 50.7 Å². The van der Waals surface area contributed by atoms with Crippen molar-refractivity contribution >= 4 is 0 Å². The number of rotatable bonds is 0. The topological polar surface area (TPSA) is 12.5 Å². The summed E-state index contributed by atoms with van der Waals surface area (Å²) in [4.78, 5) is 5.81. The van der Waals surface area contributed by atoms with Gasteiger partial charge in [-0.25, -0.2) is 0 Å². The smallest absolute Gasteiger partial charge is 0.125 e. The molecule has 0 aromatic rings. The van der Waals surface area contributed by atoms with Gasteiger partial charge in [-0.2, -0.15) is 0 Å². The summed E-state index contributed by atoms with van der Waals surface area (Å²) in [5, 5.41) is 2.18. The van der Waals surface area contributed by atoms with E-state index in [0.717, 1.165) is 6.54 Å². The average molecular weight is 179 g/mol. The first-order chi connectivity index (χ1) is 6.45. The van der Waals surface area contributed by atoms with E-state index in [-0.39, 0.29) is 0 Å². The summed E-state index contributed by atoms with van der Waals surface area (Å²) in [7, 11) is 0. The van der Waals surface area contributed by atoms with Crippen LogP contribution in [0.15, 0.2) is 11.3 Å². The van der Waals surface area contributed by atoms with Crippen LogP contribution in [0.2, 0.25) is 0 Å². The fourth-order valence-corrected chi connectivity index (χ4v) is 2.67. The van der Waals surface area contributed by atoms with E-state index in [0.29, 0.717) is 6.04 Å². The quantitative estimate of drug-likeness (QED) is 0.566. The number of hydrogen-bond donors (Lipinski definition) is 0. The average Bonchev–Trinajstić information content (AvgIpc) is 2.26. The molecule has 0 saturated carbocycles. The van der Waals surface area contributed by atoms with Crippen molar-refractivity contribution in [1.29, 1.82) is 0 Å². The minimum absolute atomic E-state index is 0.688. The van der Waals surface area contributed by atoms with Crippen molar-refractivity contribution in [2.24, 2.45) is 0 Å². The van der Waals surface area contributed by atoms with E-state index < -0.39 is 0 Å². The maximum absolute atomic E-state index is 5.81. The normalized spacial score (nSPS) is 34.0. The molecule has 1 unspecified atom stereocenters. The molecular formula is C11H17NO. The predicted octanol–water partition coefficient (Wildman–Crippen LogP) is 2.61. The molecule has 2 heteroatoms. The second-order valence-electron chi connectivity index (χ2n) is 4.40. The van der Waals surface area contributed by atoms with E-state index in [2.05, 4.69) is 5.06 Å². The van der Waals surface area contributed by atoms with Crippen LogP contribution in [0.4, 0.5) is 0 Å². The van der Waals surface area contributed by atoms with Crippen molar-refractivity contribution in [1.82, 2.24) is 5.06 Å². The van der Waals surface area contributed by atoms with Crippen LogP contribution in [-0.4, -0.2) is 17.6 Å². The zero-order valence-corrected chi connectivity index (χ0v) is 8.09. The molecule has 1 saturated heterocycles. The molecule has 72 valence electrons. The summed E-state index contributed by atoms with van der Waals surface area (Å²) >= 11 is 0. The van der Waals surface area contributed by atoms with Gasteiger partial charge >= 0.3 is 0 Å². The molecule has 1 atom stereocenters. The van der Waals surface area contributed by atoms with Gasteiger partial charge in [0.15, 0.2) is 0 Å². The minimum atomic E-state index is 0.688. The van der Waals surface area contributed by atoms with Gasteiger partial charge in [0.25, 0.3) is 0 Å². The highest BCUT2D eigenvalue weighted by molar-refractivity contribution is 5.22. The van der Waals surface area contributed by atoms with Gasteiger partial charge in [0, 0.05) is 13.0 Å². The maximum Gasteiger partial charge on any atom is 0.125 e. The molecule has 1 fully saturated rings. The molecule has 2 aliphatic heterocycles. The van der Waals surface area contributed by atoms with Gasteiger partial charge in [-0.1, -0.05) is 12.8 Å². The molecule has 2 heterocycles. The van der Waals surface area contributed by atoms with E-state index in [1.54, 1.807) is 5.57 Å². The van der Waals surface area contributed by atoms with Gasteiger partial charge in [0.1, 0.15) is 5.76 Å².